The van der Waals surface area contributed by atoms with Crippen molar-refractivity contribution in [1.82, 2.24) is 14.8 Å². The molecule has 0 amide bonds. The van der Waals surface area contributed by atoms with E-state index in [1.54, 1.807) is 18.2 Å². The van der Waals surface area contributed by atoms with Crippen molar-refractivity contribution in [2.45, 2.75) is 30.6 Å². The maximum atomic E-state index is 13.6. The molecule has 52 heavy (non-hydrogen) atoms. The van der Waals surface area contributed by atoms with Gasteiger partial charge in [0.1, 0.15) is 35.8 Å². The second-order valence-corrected chi connectivity index (χ2v) is 13.3. The summed E-state index contributed by atoms with van der Waals surface area (Å²) in [6.45, 7) is 1.88. The van der Waals surface area contributed by atoms with Crippen molar-refractivity contribution in [3.8, 4) is 6.07 Å². The predicted octanol–water partition coefficient (Wildman–Crippen LogP) is 3.17. The van der Waals surface area contributed by atoms with Crippen molar-refractivity contribution in [3.05, 3.63) is 117 Å². The average molecular weight is 745 g/mol. The van der Waals surface area contributed by atoms with E-state index in [1.807, 2.05) is 7.05 Å². The van der Waals surface area contributed by atoms with Crippen LogP contribution in [0.2, 0.25) is 0 Å². The van der Waals surface area contributed by atoms with E-state index in [1.165, 1.54) is 54.3 Å². The van der Waals surface area contributed by atoms with Gasteiger partial charge in [0.15, 0.2) is 0 Å². The summed E-state index contributed by atoms with van der Waals surface area (Å²) in [7, 11) is -1.29. The van der Waals surface area contributed by atoms with Crippen LogP contribution >= 0.6 is 0 Å². The molecule has 0 radical (unpaired) electrons. The number of methoxy groups -OCH3 is 1. The van der Waals surface area contributed by atoms with Crippen molar-refractivity contribution in [3.63, 3.8) is 0 Å². The maximum Gasteiger partial charge on any atom is 0.416 e. The van der Waals surface area contributed by atoms with Crippen molar-refractivity contribution in [1.29, 1.82) is 5.26 Å². The molecule has 0 fully saturated rings. The zero-order chi connectivity index (χ0) is 38.4. The Labute approximate surface area is 296 Å². The Hall–Kier alpha value is -5.32. The second kappa shape index (κ2) is 15.9. The van der Waals surface area contributed by atoms with Crippen LogP contribution in [-0.2, 0) is 32.4 Å². The zero-order valence-electron chi connectivity index (χ0n) is 28.2. The lowest BCUT2D eigenvalue weighted by Crippen LogP contribution is -2.47. The van der Waals surface area contributed by atoms with Crippen LogP contribution in [0.25, 0.3) is 0 Å². The standard InChI is InChI=1S/C28H29F3N6O5.C6H6O3S/c1-17-23(25(40)42-3)24(22-8-7-18(15-32)13-19(22)16-37(2,9-11-38)10-12-39)36-26(33-34-27(36)41)35(17)21-6-4-5-20(14-21)28(29,30)31;7-10(8,9)6-4-2-1-3-5-6/h4-8,13-14,24,38-39H,9-12,16H2,1-3H3;1-5H,(H,7,8,9). The number of aromatic nitrogens is 3. The van der Waals surface area contributed by atoms with Crippen LogP contribution < -0.4 is 10.6 Å². The number of likely N-dealkylation sites (N-methyl/N-ethyl adjacent to an activating group) is 1. The third kappa shape index (κ3) is 8.58. The lowest BCUT2D eigenvalue weighted by atomic mass is 9.89. The number of H-pyrrole nitrogens is 1. The SMILES string of the molecule is COC(=O)C1=C(C)N(c2cccc(C(F)(F)F)c2)c2n[nH]c(=O)n2C1c1ccc(C#N)cc1C[N+](C)(CCO)CCO.O=S(=O)([O-])c1ccccc1. The third-order valence-electron chi connectivity index (χ3n) is 8.41. The molecule has 1 atom stereocenters. The Balaban J connectivity index is 0.000000521. The molecule has 1 aromatic heterocycles. The topological polar surface area (TPSA) is 202 Å². The molecular weight excluding hydrogens is 709 g/mol. The highest BCUT2D eigenvalue weighted by atomic mass is 32.2. The molecule has 1 aliphatic heterocycles. The predicted molar refractivity (Wildman–Crippen MR) is 179 cm³/mol. The van der Waals surface area contributed by atoms with Gasteiger partial charge >= 0.3 is 17.8 Å². The second-order valence-electron chi connectivity index (χ2n) is 11.9. The quantitative estimate of drug-likeness (QED) is 0.122. The molecule has 3 aromatic carbocycles. The first-order chi connectivity index (χ1) is 24.5. The zero-order valence-corrected chi connectivity index (χ0v) is 29.0. The van der Waals surface area contributed by atoms with Crippen LogP contribution in [0.15, 0.2) is 93.8 Å². The van der Waals surface area contributed by atoms with E-state index in [0.717, 1.165) is 23.8 Å². The number of allylic oxidation sites excluding steroid dienone is 1. The van der Waals surface area contributed by atoms with Crippen molar-refractivity contribution in [2.75, 3.05) is 45.4 Å². The van der Waals surface area contributed by atoms with E-state index in [9.17, 15) is 51.2 Å². The molecule has 18 heteroatoms. The molecule has 0 aliphatic carbocycles. The fraction of sp³-hybridized carbons (Fsp3) is 0.294. The fourth-order valence-electron chi connectivity index (χ4n) is 5.91. The number of esters is 1. The number of fused-ring (bicyclic) bond motifs is 1. The van der Waals surface area contributed by atoms with Crippen LogP contribution in [0.1, 0.15) is 35.2 Å². The first-order valence-corrected chi connectivity index (χ1v) is 16.9. The minimum atomic E-state index is -4.65. The summed E-state index contributed by atoms with van der Waals surface area (Å²) in [6.07, 6.45) is -4.65. The Bertz CT molecular complexity index is 2160. The minimum Gasteiger partial charge on any atom is -0.744 e. The number of alkyl halides is 3. The molecule has 0 bridgehead atoms. The normalized spacial score (nSPS) is 14.6. The largest absolute Gasteiger partial charge is 0.744 e. The number of aliphatic hydroxyl groups excluding tert-OH is 2. The van der Waals surface area contributed by atoms with Crippen molar-refractivity contribution >= 4 is 27.7 Å². The number of rotatable bonds is 10. The van der Waals surface area contributed by atoms with Gasteiger partial charge in [0, 0.05) is 16.9 Å². The van der Waals surface area contributed by atoms with Crippen LogP contribution in [0.5, 0.6) is 0 Å². The number of halogens is 3. The van der Waals surface area contributed by atoms with Crippen LogP contribution in [-0.4, -0.2) is 88.9 Å². The number of quaternary nitrogens is 1. The first kappa shape index (κ1) is 39.5. The lowest BCUT2D eigenvalue weighted by Gasteiger charge is -2.38. The molecular formula is C34H35F3N6O8S. The number of carbonyl (C=O) groups excluding carboxylic acids is 1. The summed E-state index contributed by atoms with van der Waals surface area (Å²) >= 11 is 0. The van der Waals surface area contributed by atoms with Gasteiger partial charge in [0.2, 0.25) is 5.95 Å². The number of nitrogens with zero attached hydrogens (tertiary/aromatic N) is 5. The van der Waals surface area contributed by atoms with E-state index in [4.69, 9.17) is 4.74 Å². The summed E-state index contributed by atoms with van der Waals surface area (Å²) < 4.78 is 78.0. The molecule has 0 spiro atoms. The van der Waals surface area contributed by atoms with Gasteiger partial charge in [-0.2, -0.15) is 18.4 Å². The van der Waals surface area contributed by atoms with Gasteiger partial charge in [0.25, 0.3) is 0 Å². The van der Waals surface area contributed by atoms with Crippen LogP contribution in [0.3, 0.4) is 0 Å². The highest BCUT2D eigenvalue weighted by molar-refractivity contribution is 7.85. The fourth-order valence-corrected chi connectivity index (χ4v) is 6.40. The smallest absolute Gasteiger partial charge is 0.416 e. The summed E-state index contributed by atoms with van der Waals surface area (Å²) in [5.74, 6) is -0.890. The highest BCUT2D eigenvalue weighted by Gasteiger charge is 2.41. The van der Waals surface area contributed by atoms with Gasteiger partial charge in [-0.3, -0.25) is 4.90 Å². The molecule has 1 aliphatic rings. The molecule has 4 aromatic rings. The molecule has 276 valence electrons. The van der Waals surface area contributed by atoms with Crippen molar-refractivity contribution in [2.24, 2.45) is 0 Å². The number of anilines is 2. The van der Waals surface area contributed by atoms with E-state index >= 15 is 0 Å². The number of nitriles is 1. The number of carbonyl (C=O) groups is 1. The minimum absolute atomic E-state index is 0.0117. The number of hydrogen-bond acceptors (Lipinski definition) is 11. The van der Waals surface area contributed by atoms with Gasteiger partial charge in [-0.15, -0.1) is 5.10 Å². The molecule has 1 unspecified atom stereocenters. The van der Waals surface area contributed by atoms with Crippen molar-refractivity contribution < 1.29 is 50.4 Å². The summed E-state index contributed by atoms with van der Waals surface area (Å²) in [6, 6.07) is 17.3. The van der Waals surface area contributed by atoms with E-state index < -0.39 is 39.6 Å². The van der Waals surface area contributed by atoms with E-state index in [-0.39, 0.29) is 65.1 Å². The maximum absolute atomic E-state index is 13.6. The van der Waals surface area contributed by atoms with Gasteiger partial charge < -0.3 is 24.0 Å². The molecule has 0 saturated heterocycles. The Morgan fingerprint density at radius 3 is 2.27 bits per heavy atom. The van der Waals surface area contributed by atoms with Gasteiger partial charge in [-0.05, 0) is 55.0 Å². The third-order valence-corrected chi connectivity index (χ3v) is 9.26. The highest BCUT2D eigenvalue weighted by Crippen LogP contribution is 2.44. The number of ether oxygens (including phenoxy) is 1. The molecule has 14 nitrogen and oxygen atoms in total. The molecule has 5 rings (SSSR count). The van der Waals surface area contributed by atoms with E-state index in [2.05, 4.69) is 16.3 Å². The first-order valence-electron chi connectivity index (χ1n) is 15.5. The van der Waals surface area contributed by atoms with E-state index in [0.29, 0.717) is 16.7 Å². The molecule has 0 saturated carbocycles. The number of aliphatic hydroxyl groups is 2. The van der Waals surface area contributed by atoms with Gasteiger partial charge in [-0.1, -0.05) is 30.3 Å². The molecule has 3 N–H and O–H groups in total. The van der Waals surface area contributed by atoms with Gasteiger partial charge in [-0.25, -0.2) is 27.7 Å². The number of aromatic amines is 1. The monoisotopic (exact) mass is 744 g/mol. The molecule has 2 heterocycles. The Morgan fingerprint density at radius 2 is 1.73 bits per heavy atom. The summed E-state index contributed by atoms with van der Waals surface area (Å²) in [5, 5.41) is 35.5. The summed E-state index contributed by atoms with van der Waals surface area (Å²) in [5.41, 5.74) is -0.234. The lowest BCUT2D eigenvalue weighted by molar-refractivity contribution is -0.923. The van der Waals surface area contributed by atoms with Gasteiger partial charge in [0.05, 0.1) is 55.0 Å². The Kier molecular flexibility index (Phi) is 12.1. The number of benzene rings is 3. The Morgan fingerprint density at radius 1 is 1.08 bits per heavy atom. The number of hydrogen-bond donors (Lipinski definition) is 3. The average Bonchev–Trinajstić information content (AvgIpc) is 3.48. The summed E-state index contributed by atoms with van der Waals surface area (Å²) in [4.78, 5) is 27.7. The van der Waals surface area contributed by atoms with Crippen LogP contribution in [0, 0.1) is 11.3 Å². The number of nitrogens with one attached hydrogen (secondary N) is 1. The van der Waals surface area contributed by atoms with Crippen LogP contribution in [0.4, 0.5) is 24.8 Å².